The van der Waals surface area contributed by atoms with E-state index in [0.29, 0.717) is 12.8 Å². The lowest BCUT2D eigenvalue weighted by molar-refractivity contribution is 0.103. The summed E-state index contributed by atoms with van der Waals surface area (Å²) in [7, 11) is -3.67. The summed E-state index contributed by atoms with van der Waals surface area (Å²) in [5.41, 5.74) is 1.24. The molecule has 0 saturated heterocycles. The van der Waals surface area contributed by atoms with Gasteiger partial charge in [0.15, 0.2) is 0 Å². The molecule has 1 aromatic heterocycles. The van der Waals surface area contributed by atoms with Gasteiger partial charge in [-0.25, -0.2) is 0 Å². The van der Waals surface area contributed by atoms with Gasteiger partial charge in [-0.1, -0.05) is 30.3 Å². The molecule has 4 N–H and O–H groups in total. The van der Waals surface area contributed by atoms with Gasteiger partial charge in [0.25, 0.3) is 10.1 Å². The van der Waals surface area contributed by atoms with Crippen LogP contribution in [0.2, 0.25) is 0 Å². The van der Waals surface area contributed by atoms with E-state index in [0.717, 1.165) is 27.3 Å². The fraction of sp³-hybridized carbons (Fsp3) is 0.273. The summed E-state index contributed by atoms with van der Waals surface area (Å²) in [5, 5.41) is 27.9. The van der Waals surface area contributed by atoms with E-state index in [9.17, 15) is 18.6 Å². The highest BCUT2D eigenvalue weighted by atomic mass is 32.2. The van der Waals surface area contributed by atoms with E-state index in [1.54, 1.807) is 13.2 Å². The number of furan rings is 1. The molecule has 8 heteroatoms. The van der Waals surface area contributed by atoms with Crippen molar-refractivity contribution in [1.82, 2.24) is 5.32 Å². The van der Waals surface area contributed by atoms with Crippen molar-refractivity contribution in [3.8, 4) is 0 Å². The number of hydrogen-bond donors (Lipinski definition) is 4. The van der Waals surface area contributed by atoms with Gasteiger partial charge >= 0.3 is 0 Å². The van der Waals surface area contributed by atoms with Crippen molar-refractivity contribution in [3.63, 3.8) is 0 Å². The zero-order valence-electron chi connectivity index (χ0n) is 16.8. The number of nitrogens with one attached hydrogen (secondary N) is 1. The molecule has 0 radical (unpaired) electrons. The van der Waals surface area contributed by atoms with Crippen LogP contribution in [0.25, 0.3) is 32.5 Å². The highest BCUT2D eigenvalue weighted by molar-refractivity contribution is 7.85. The Kier molecular flexibility index (Phi) is 6.44. The van der Waals surface area contributed by atoms with E-state index >= 15 is 0 Å². The molecule has 0 atom stereocenters. The second-order valence-electron chi connectivity index (χ2n) is 7.54. The highest BCUT2D eigenvalue weighted by Crippen LogP contribution is 2.34. The predicted molar refractivity (Wildman–Crippen MR) is 118 cm³/mol. The van der Waals surface area contributed by atoms with Crippen molar-refractivity contribution in [2.75, 3.05) is 19.5 Å². The lowest BCUT2D eigenvalue weighted by atomic mass is 9.96. The fourth-order valence-corrected chi connectivity index (χ4v) is 3.29. The van der Waals surface area contributed by atoms with Crippen LogP contribution in [0.1, 0.15) is 12.5 Å². The lowest BCUT2D eigenvalue weighted by Gasteiger charge is -2.26. The first-order valence-electron chi connectivity index (χ1n) is 9.35. The largest absolute Gasteiger partial charge is 0.464 e. The van der Waals surface area contributed by atoms with Gasteiger partial charge < -0.3 is 19.9 Å². The minimum absolute atomic E-state index is 0.130. The Morgan fingerprint density at radius 3 is 2.30 bits per heavy atom. The molecule has 0 spiro atoms. The van der Waals surface area contributed by atoms with E-state index in [-0.39, 0.29) is 13.2 Å². The molecular formula is C22H25NO6S. The van der Waals surface area contributed by atoms with Crippen LogP contribution in [0, 0.1) is 0 Å². The zero-order chi connectivity index (χ0) is 21.9. The Balaban J connectivity index is 0.000000461. The van der Waals surface area contributed by atoms with Crippen molar-refractivity contribution < 1.29 is 27.6 Å². The van der Waals surface area contributed by atoms with Gasteiger partial charge in [0, 0.05) is 17.3 Å². The summed E-state index contributed by atoms with van der Waals surface area (Å²) >= 11 is 0. The second kappa shape index (κ2) is 8.71. The Labute approximate surface area is 174 Å². The van der Waals surface area contributed by atoms with Crippen LogP contribution in [0.15, 0.2) is 59.2 Å². The van der Waals surface area contributed by atoms with E-state index in [2.05, 4.69) is 35.6 Å². The average molecular weight is 432 g/mol. The SMILES string of the molecule is CC(CO)(CO)NCc1cc2c3ccccc3ccc2c2occc12.CS(=O)(=O)O. The van der Waals surface area contributed by atoms with Crippen molar-refractivity contribution >= 4 is 42.6 Å². The molecule has 4 aromatic rings. The third-order valence-corrected chi connectivity index (χ3v) is 4.95. The third kappa shape index (κ3) is 4.97. The standard InChI is InChI=1S/C21H21NO3.CH4O3S/c1-21(12-23,13-24)22-11-15-10-19-16-5-3-2-4-14(16)6-7-18(19)20-17(15)8-9-25-20;1-5(2,3)4/h2-10,22-24H,11-13H2,1H3;1H3,(H,2,3,4). The fourth-order valence-electron chi connectivity index (χ4n) is 3.29. The highest BCUT2D eigenvalue weighted by Gasteiger charge is 2.22. The van der Waals surface area contributed by atoms with E-state index < -0.39 is 15.7 Å². The topological polar surface area (TPSA) is 120 Å². The number of aliphatic hydroxyl groups is 2. The molecule has 0 aliphatic heterocycles. The van der Waals surface area contributed by atoms with Gasteiger partial charge in [-0.15, -0.1) is 0 Å². The summed E-state index contributed by atoms with van der Waals surface area (Å²) < 4.78 is 31.6. The zero-order valence-corrected chi connectivity index (χ0v) is 17.6. The number of benzene rings is 3. The molecule has 0 fully saturated rings. The molecule has 0 amide bonds. The monoisotopic (exact) mass is 431 g/mol. The van der Waals surface area contributed by atoms with Crippen LogP contribution in [0.3, 0.4) is 0 Å². The second-order valence-corrected chi connectivity index (χ2v) is 9.01. The minimum atomic E-state index is -3.67. The number of fused-ring (bicyclic) bond motifs is 5. The molecule has 1 heterocycles. The van der Waals surface area contributed by atoms with Gasteiger partial charge in [0.2, 0.25) is 0 Å². The smallest absolute Gasteiger partial charge is 0.261 e. The number of rotatable bonds is 5. The first-order chi connectivity index (χ1) is 14.1. The quantitative estimate of drug-likeness (QED) is 0.283. The van der Waals surface area contributed by atoms with Crippen LogP contribution >= 0.6 is 0 Å². The van der Waals surface area contributed by atoms with Gasteiger partial charge in [0.05, 0.1) is 31.3 Å². The van der Waals surface area contributed by atoms with E-state index in [4.69, 9.17) is 8.97 Å². The van der Waals surface area contributed by atoms with Gasteiger partial charge in [-0.3, -0.25) is 4.55 Å². The molecule has 0 aliphatic carbocycles. The summed E-state index contributed by atoms with van der Waals surface area (Å²) in [6.07, 6.45) is 2.42. The molecule has 7 nitrogen and oxygen atoms in total. The van der Waals surface area contributed by atoms with Crippen molar-refractivity contribution in [2.45, 2.75) is 19.0 Å². The molecule has 4 rings (SSSR count). The first-order valence-corrected chi connectivity index (χ1v) is 11.2. The van der Waals surface area contributed by atoms with Crippen molar-refractivity contribution in [2.24, 2.45) is 0 Å². The molecule has 0 unspecified atom stereocenters. The van der Waals surface area contributed by atoms with Crippen LogP contribution < -0.4 is 5.32 Å². The maximum absolute atomic E-state index is 9.51. The van der Waals surface area contributed by atoms with Crippen LogP contribution in [0.4, 0.5) is 0 Å². The van der Waals surface area contributed by atoms with Crippen LogP contribution in [-0.4, -0.2) is 48.2 Å². The molecule has 30 heavy (non-hydrogen) atoms. The van der Waals surface area contributed by atoms with Gasteiger partial charge in [0.1, 0.15) is 5.58 Å². The first kappa shape index (κ1) is 22.2. The molecule has 160 valence electrons. The Bertz CT molecular complexity index is 1270. The molecule has 0 aliphatic rings. The van der Waals surface area contributed by atoms with E-state index in [1.807, 2.05) is 18.2 Å². The molecule has 0 saturated carbocycles. The maximum Gasteiger partial charge on any atom is 0.261 e. The molecule has 3 aromatic carbocycles. The van der Waals surface area contributed by atoms with Gasteiger partial charge in [-0.2, -0.15) is 8.42 Å². The third-order valence-electron chi connectivity index (χ3n) is 4.95. The van der Waals surface area contributed by atoms with Crippen molar-refractivity contribution in [1.29, 1.82) is 0 Å². The number of aliphatic hydroxyl groups excluding tert-OH is 2. The molecule has 0 bridgehead atoms. The lowest BCUT2D eigenvalue weighted by Crippen LogP contribution is -2.48. The van der Waals surface area contributed by atoms with Crippen LogP contribution in [-0.2, 0) is 16.7 Å². The number of hydrogen-bond acceptors (Lipinski definition) is 6. The average Bonchev–Trinajstić information content (AvgIpc) is 3.20. The minimum Gasteiger partial charge on any atom is -0.464 e. The van der Waals surface area contributed by atoms with Crippen LogP contribution in [0.5, 0.6) is 0 Å². The van der Waals surface area contributed by atoms with E-state index in [1.165, 1.54) is 10.8 Å². The van der Waals surface area contributed by atoms with Crippen molar-refractivity contribution in [3.05, 3.63) is 60.4 Å². The Morgan fingerprint density at radius 2 is 1.63 bits per heavy atom. The summed E-state index contributed by atoms with van der Waals surface area (Å²) in [5.74, 6) is 0. The Hall–Kier alpha value is -2.49. The normalized spacial score (nSPS) is 12.3. The summed E-state index contributed by atoms with van der Waals surface area (Å²) in [6, 6.07) is 16.7. The Morgan fingerprint density at radius 1 is 0.967 bits per heavy atom. The summed E-state index contributed by atoms with van der Waals surface area (Å²) in [4.78, 5) is 0. The molecular weight excluding hydrogens is 406 g/mol. The predicted octanol–water partition coefficient (Wildman–Crippen LogP) is 3.08. The maximum atomic E-state index is 9.51. The summed E-state index contributed by atoms with van der Waals surface area (Å²) in [6.45, 7) is 2.08. The van der Waals surface area contributed by atoms with Gasteiger partial charge in [-0.05, 0) is 46.8 Å².